The minimum absolute atomic E-state index is 0.0401. The minimum Gasteiger partial charge on any atom is -0.325 e. The maximum atomic E-state index is 11.8. The number of hydrogen-bond donors (Lipinski definition) is 2. The third kappa shape index (κ3) is 6.32. The van der Waals surface area contributed by atoms with E-state index in [1.165, 1.54) is 0 Å². The summed E-state index contributed by atoms with van der Waals surface area (Å²) in [6, 6.07) is 5.48. The second-order valence-electron chi connectivity index (χ2n) is 4.70. The van der Waals surface area contributed by atoms with Crippen molar-refractivity contribution in [2.75, 3.05) is 30.4 Å². The van der Waals surface area contributed by atoms with Gasteiger partial charge < -0.3 is 10.6 Å². The highest BCUT2D eigenvalue weighted by Crippen LogP contribution is 2.19. The van der Waals surface area contributed by atoms with E-state index in [0.29, 0.717) is 17.5 Å². The molecule has 106 valence electrons. The molecule has 0 aliphatic heterocycles. The predicted octanol–water partition coefficient (Wildman–Crippen LogP) is 3.18. The maximum Gasteiger partial charge on any atom is 0.238 e. The lowest BCUT2D eigenvalue weighted by Crippen LogP contribution is -2.31. The zero-order valence-corrected chi connectivity index (χ0v) is 13.2. The van der Waals surface area contributed by atoms with Gasteiger partial charge in [0.15, 0.2) is 0 Å². The summed E-state index contributed by atoms with van der Waals surface area (Å²) in [4.78, 5) is 11.8. The second-order valence-corrected chi connectivity index (χ2v) is 6.05. The van der Waals surface area contributed by atoms with Crippen molar-refractivity contribution in [3.8, 4) is 0 Å². The van der Waals surface area contributed by atoms with E-state index >= 15 is 0 Å². The summed E-state index contributed by atoms with van der Waals surface area (Å²) in [7, 11) is 0. The zero-order chi connectivity index (χ0) is 14.3. The molecule has 1 amide bonds. The van der Waals surface area contributed by atoms with Crippen molar-refractivity contribution in [3.05, 3.63) is 28.8 Å². The molecular weight excluding hydrogens is 280 g/mol. The van der Waals surface area contributed by atoms with Gasteiger partial charge in [-0.25, -0.2) is 0 Å². The summed E-state index contributed by atoms with van der Waals surface area (Å²) in [5, 5.41) is 6.66. The van der Waals surface area contributed by atoms with Crippen molar-refractivity contribution in [2.24, 2.45) is 5.92 Å². The van der Waals surface area contributed by atoms with Crippen LogP contribution in [0.4, 0.5) is 5.69 Å². The molecule has 0 bridgehead atoms. The molecule has 3 nitrogen and oxygen atoms in total. The average molecular weight is 301 g/mol. The summed E-state index contributed by atoms with van der Waals surface area (Å²) in [6.07, 6.45) is 2.09. The fourth-order valence-electron chi connectivity index (χ4n) is 1.70. The molecule has 1 aromatic carbocycles. The van der Waals surface area contributed by atoms with Crippen molar-refractivity contribution in [1.82, 2.24) is 5.32 Å². The largest absolute Gasteiger partial charge is 0.325 e. The topological polar surface area (TPSA) is 41.1 Å². The SMILES string of the molecule is CSCC(C)CNCC(=O)Nc1cc(Cl)ccc1C. The van der Waals surface area contributed by atoms with Crippen molar-refractivity contribution < 1.29 is 4.79 Å². The number of rotatable bonds is 7. The van der Waals surface area contributed by atoms with Crippen LogP contribution in [-0.4, -0.2) is 31.0 Å². The Hall–Kier alpha value is -0.710. The number of anilines is 1. The number of carbonyl (C=O) groups excluding carboxylic acids is 1. The quantitative estimate of drug-likeness (QED) is 0.812. The molecule has 0 fully saturated rings. The van der Waals surface area contributed by atoms with Crippen LogP contribution in [-0.2, 0) is 4.79 Å². The van der Waals surface area contributed by atoms with Crippen LogP contribution in [0.15, 0.2) is 18.2 Å². The standard InChI is InChI=1S/C14H21ClN2OS/c1-10(9-19-3)7-16-8-14(18)17-13-6-12(15)5-4-11(13)2/h4-6,10,16H,7-9H2,1-3H3,(H,17,18). The van der Waals surface area contributed by atoms with Crippen molar-refractivity contribution >= 4 is 35.0 Å². The molecule has 0 aromatic heterocycles. The van der Waals surface area contributed by atoms with Gasteiger partial charge in [-0.15, -0.1) is 0 Å². The number of aryl methyl sites for hydroxylation is 1. The number of benzene rings is 1. The third-order valence-electron chi connectivity index (χ3n) is 2.70. The smallest absolute Gasteiger partial charge is 0.238 e. The summed E-state index contributed by atoms with van der Waals surface area (Å²) in [5.41, 5.74) is 1.78. The van der Waals surface area contributed by atoms with Crippen LogP contribution in [0.25, 0.3) is 0 Å². The van der Waals surface area contributed by atoms with Crippen LogP contribution in [0.2, 0.25) is 5.02 Å². The normalized spacial score (nSPS) is 12.2. The van der Waals surface area contributed by atoms with E-state index in [0.717, 1.165) is 23.5 Å². The molecule has 0 spiro atoms. The monoisotopic (exact) mass is 300 g/mol. The van der Waals surface area contributed by atoms with E-state index in [1.807, 2.05) is 30.8 Å². The fourth-order valence-corrected chi connectivity index (χ4v) is 2.56. The molecule has 0 heterocycles. The molecule has 0 aliphatic rings. The molecule has 1 rings (SSSR count). The van der Waals surface area contributed by atoms with Crippen LogP contribution in [0.3, 0.4) is 0 Å². The van der Waals surface area contributed by atoms with Crippen LogP contribution >= 0.6 is 23.4 Å². The van der Waals surface area contributed by atoms with Gasteiger partial charge in [0, 0.05) is 10.7 Å². The molecule has 19 heavy (non-hydrogen) atoms. The van der Waals surface area contributed by atoms with Crippen molar-refractivity contribution in [2.45, 2.75) is 13.8 Å². The molecular formula is C14H21ClN2OS. The lowest BCUT2D eigenvalue weighted by molar-refractivity contribution is -0.115. The average Bonchev–Trinajstić information content (AvgIpc) is 2.34. The van der Waals surface area contributed by atoms with Crippen LogP contribution in [0.1, 0.15) is 12.5 Å². The Morgan fingerprint density at radius 1 is 1.47 bits per heavy atom. The molecule has 0 saturated heterocycles. The highest BCUT2D eigenvalue weighted by Gasteiger charge is 2.06. The number of carbonyl (C=O) groups is 1. The van der Waals surface area contributed by atoms with E-state index in [9.17, 15) is 4.79 Å². The van der Waals surface area contributed by atoms with Crippen LogP contribution in [0.5, 0.6) is 0 Å². The van der Waals surface area contributed by atoms with Gasteiger partial charge in [0.05, 0.1) is 6.54 Å². The Morgan fingerprint density at radius 3 is 2.89 bits per heavy atom. The number of hydrogen-bond acceptors (Lipinski definition) is 3. The van der Waals surface area contributed by atoms with Crippen LogP contribution < -0.4 is 10.6 Å². The fraction of sp³-hybridized carbons (Fsp3) is 0.500. The second kappa shape index (κ2) is 8.46. The molecule has 0 radical (unpaired) electrons. The molecule has 0 aliphatic carbocycles. The highest BCUT2D eigenvalue weighted by molar-refractivity contribution is 7.98. The number of halogens is 1. The van der Waals surface area contributed by atoms with Crippen molar-refractivity contribution in [1.29, 1.82) is 0 Å². The first-order valence-electron chi connectivity index (χ1n) is 6.28. The van der Waals surface area contributed by atoms with Gasteiger partial charge in [-0.3, -0.25) is 4.79 Å². The molecule has 0 saturated carbocycles. The Kier molecular flexibility index (Phi) is 7.28. The summed E-state index contributed by atoms with van der Waals surface area (Å²) < 4.78 is 0. The summed E-state index contributed by atoms with van der Waals surface area (Å²) >= 11 is 7.73. The zero-order valence-electron chi connectivity index (χ0n) is 11.6. The Balaban J connectivity index is 2.37. The van der Waals surface area contributed by atoms with E-state index in [2.05, 4.69) is 23.8 Å². The summed E-state index contributed by atoms with van der Waals surface area (Å²) in [6.45, 7) is 5.29. The molecule has 1 unspecified atom stereocenters. The molecule has 2 N–H and O–H groups in total. The minimum atomic E-state index is -0.0401. The van der Waals surface area contributed by atoms with E-state index in [4.69, 9.17) is 11.6 Å². The first-order chi connectivity index (χ1) is 9.02. The lowest BCUT2D eigenvalue weighted by Gasteiger charge is -2.12. The molecule has 1 atom stereocenters. The maximum absolute atomic E-state index is 11.8. The first-order valence-corrected chi connectivity index (χ1v) is 8.05. The Morgan fingerprint density at radius 2 is 2.21 bits per heavy atom. The van der Waals surface area contributed by atoms with Gasteiger partial charge in [-0.2, -0.15) is 11.8 Å². The predicted molar refractivity (Wildman–Crippen MR) is 85.2 cm³/mol. The van der Waals surface area contributed by atoms with E-state index in [-0.39, 0.29) is 5.91 Å². The van der Waals surface area contributed by atoms with Gasteiger partial charge in [0.2, 0.25) is 5.91 Å². The van der Waals surface area contributed by atoms with E-state index in [1.54, 1.807) is 6.07 Å². The first kappa shape index (κ1) is 16.3. The van der Waals surface area contributed by atoms with Gasteiger partial charge in [0.1, 0.15) is 0 Å². The molecule has 5 heteroatoms. The van der Waals surface area contributed by atoms with Crippen molar-refractivity contribution in [3.63, 3.8) is 0 Å². The number of thioether (sulfide) groups is 1. The van der Waals surface area contributed by atoms with Gasteiger partial charge in [-0.1, -0.05) is 24.6 Å². The Bertz CT molecular complexity index is 426. The third-order valence-corrected chi connectivity index (χ3v) is 3.84. The van der Waals surface area contributed by atoms with Crippen LogP contribution in [0, 0.1) is 12.8 Å². The van der Waals surface area contributed by atoms with E-state index < -0.39 is 0 Å². The summed E-state index contributed by atoms with van der Waals surface area (Å²) in [5.74, 6) is 1.62. The van der Waals surface area contributed by atoms with Gasteiger partial charge in [0.25, 0.3) is 0 Å². The van der Waals surface area contributed by atoms with Gasteiger partial charge in [-0.05, 0) is 49.1 Å². The highest BCUT2D eigenvalue weighted by atomic mass is 35.5. The Labute approximate surface area is 124 Å². The lowest BCUT2D eigenvalue weighted by atomic mass is 10.2. The number of amides is 1. The number of nitrogens with one attached hydrogen (secondary N) is 2. The van der Waals surface area contributed by atoms with Gasteiger partial charge >= 0.3 is 0 Å². The molecule has 1 aromatic rings.